The maximum atomic E-state index is 4.32. The Morgan fingerprint density at radius 2 is 1.83 bits per heavy atom. The number of imidazole rings is 1. The van der Waals surface area contributed by atoms with Gasteiger partial charge < -0.3 is 0 Å². The molecule has 2 heterocycles. The van der Waals surface area contributed by atoms with Crippen molar-refractivity contribution < 1.29 is 0 Å². The first-order valence-electron chi connectivity index (χ1n) is 5.83. The molecule has 0 aliphatic rings. The summed E-state index contributed by atoms with van der Waals surface area (Å²) in [6, 6.07) is 15.3. The molecule has 0 fully saturated rings. The number of hydrogen-bond donors (Lipinski definition) is 1. The van der Waals surface area contributed by atoms with Crippen LogP contribution < -0.4 is 0 Å². The van der Waals surface area contributed by atoms with Gasteiger partial charge in [-0.25, -0.2) is 0 Å². The number of H-pyrrole nitrogens is 1. The average Bonchev–Trinajstić information content (AvgIpc) is 3.05. The van der Waals surface area contributed by atoms with Gasteiger partial charge in [0.25, 0.3) is 0 Å². The summed E-state index contributed by atoms with van der Waals surface area (Å²) in [6.45, 7) is 0. The zero-order chi connectivity index (χ0) is 11.9. The van der Waals surface area contributed by atoms with Gasteiger partial charge in [0.15, 0.2) is 0 Å². The Balaban J connectivity index is 2.07. The molecule has 4 aromatic rings. The molecule has 1 N–H and O–H groups in total. The molecule has 0 radical (unpaired) electrons. The van der Waals surface area contributed by atoms with Gasteiger partial charge >= 0.3 is 110 Å². The van der Waals surface area contributed by atoms with Crippen LogP contribution in [0.15, 0.2) is 54.9 Å². The predicted molar refractivity (Wildman–Crippen MR) is 76.0 cm³/mol. The maximum absolute atomic E-state index is 4.32. The molecule has 0 aliphatic heterocycles. The Morgan fingerprint density at radius 1 is 0.944 bits per heavy atom. The van der Waals surface area contributed by atoms with Crippen molar-refractivity contribution in [2.45, 2.75) is 0 Å². The second-order valence-electron chi connectivity index (χ2n) is 4.25. The summed E-state index contributed by atoms with van der Waals surface area (Å²) >= 11 is 0.452. The second-order valence-corrected chi connectivity index (χ2v) is 6.52. The van der Waals surface area contributed by atoms with E-state index in [-0.39, 0.29) is 0 Å². The van der Waals surface area contributed by atoms with E-state index in [2.05, 4.69) is 52.4 Å². The molecule has 2 aromatic carbocycles. The molecule has 0 saturated heterocycles. The first-order valence-corrected chi connectivity index (χ1v) is 7.54. The van der Waals surface area contributed by atoms with Crippen LogP contribution in [0.25, 0.3) is 30.7 Å². The van der Waals surface area contributed by atoms with Crippen LogP contribution in [0.1, 0.15) is 0 Å². The van der Waals surface area contributed by atoms with Crippen LogP contribution in [0, 0.1) is 0 Å². The summed E-state index contributed by atoms with van der Waals surface area (Å²) in [7, 11) is 0. The standard InChI is InChI=1S/C15H10N2Se/c1-2-4-13-11(3-1)12-9-10(5-6-14(12)18-13)15-16-7-8-17-15/h1-9H,(H,16,17). The minimum atomic E-state index is 0.452. The van der Waals surface area contributed by atoms with Crippen LogP contribution in [-0.4, -0.2) is 24.5 Å². The Kier molecular flexibility index (Phi) is 2.16. The Bertz CT molecular complexity index is 828. The van der Waals surface area contributed by atoms with Gasteiger partial charge in [0, 0.05) is 0 Å². The molecule has 0 atom stereocenters. The van der Waals surface area contributed by atoms with E-state index in [0.29, 0.717) is 14.5 Å². The second kappa shape index (κ2) is 3.84. The number of hydrogen-bond acceptors (Lipinski definition) is 1. The Labute approximate surface area is 110 Å². The summed E-state index contributed by atoms with van der Waals surface area (Å²) in [4.78, 5) is 7.48. The van der Waals surface area contributed by atoms with Gasteiger partial charge in [-0.3, -0.25) is 0 Å². The SMILES string of the molecule is c1ccc2c(c1)[se]c1ccc(-c3ncc[nH]3)cc12. The molecule has 86 valence electrons. The molecule has 0 saturated carbocycles. The fourth-order valence-corrected chi connectivity index (χ4v) is 4.58. The molecular formula is C15H10N2Se. The van der Waals surface area contributed by atoms with Gasteiger partial charge in [-0.1, -0.05) is 0 Å². The first kappa shape index (κ1) is 10.1. The molecule has 0 unspecified atom stereocenters. The molecule has 0 aliphatic carbocycles. The Hall–Kier alpha value is -1.83. The van der Waals surface area contributed by atoms with Crippen molar-refractivity contribution in [2.75, 3.05) is 0 Å². The Morgan fingerprint density at radius 3 is 2.72 bits per heavy atom. The van der Waals surface area contributed by atoms with Crippen molar-refractivity contribution in [3.63, 3.8) is 0 Å². The summed E-state index contributed by atoms with van der Waals surface area (Å²) < 4.78 is 2.95. The summed E-state index contributed by atoms with van der Waals surface area (Å²) in [5.41, 5.74) is 1.16. The van der Waals surface area contributed by atoms with Crippen LogP contribution in [-0.2, 0) is 0 Å². The zero-order valence-electron chi connectivity index (χ0n) is 9.55. The van der Waals surface area contributed by atoms with Crippen molar-refractivity contribution in [3.05, 3.63) is 54.9 Å². The number of nitrogens with one attached hydrogen (secondary N) is 1. The molecule has 2 nitrogen and oxygen atoms in total. The van der Waals surface area contributed by atoms with E-state index >= 15 is 0 Å². The van der Waals surface area contributed by atoms with Crippen molar-refractivity contribution in [1.29, 1.82) is 0 Å². The van der Waals surface area contributed by atoms with Crippen LogP contribution in [0.3, 0.4) is 0 Å². The van der Waals surface area contributed by atoms with Gasteiger partial charge in [-0.15, -0.1) is 0 Å². The van der Waals surface area contributed by atoms with E-state index in [9.17, 15) is 0 Å². The third-order valence-corrected chi connectivity index (χ3v) is 5.56. The molecule has 0 amide bonds. The summed E-state index contributed by atoms with van der Waals surface area (Å²) in [5, 5.41) is 2.76. The fourth-order valence-electron chi connectivity index (χ4n) is 2.30. The van der Waals surface area contributed by atoms with Gasteiger partial charge in [0.2, 0.25) is 0 Å². The zero-order valence-corrected chi connectivity index (χ0v) is 11.3. The van der Waals surface area contributed by atoms with Gasteiger partial charge in [0.1, 0.15) is 0 Å². The first-order chi connectivity index (χ1) is 8.92. The van der Waals surface area contributed by atoms with Crippen LogP contribution >= 0.6 is 0 Å². The minimum absolute atomic E-state index is 0.452. The fraction of sp³-hybridized carbons (Fsp3) is 0. The van der Waals surface area contributed by atoms with E-state index in [1.165, 1.54) is 19.3 Å². The van der Waals surface area contributed by atoms with Crippen LogP contribution in [0.4, 0.5) is 0 Å². The number of aromatic amines is 1. The van der Waals surface area contributed by atoms with Gasteiger partial charge in [0.05, 0.1) is 0 Å². The van der Waals surface area contributed by atoms with E-state index in [0.717, 1.165) is 11.4 Å². The molecule has 0 bridgehead atoms. The average molecular weight is 297 g/mol. The van der Waals surface area contributed by atoms with Gasteiger partial charge in [-0.05, 0) is 0 Å². The third-order valence-electron chi connectivity index (χ3n) is 3.15. The van der Waals surface area contributed by atoms with Crippen molar-refractivity contribution >= 4 is 33.8 Å². The third kappa shape index (κ3) is 1.45. The van der Waals surface area contributed by atoms with Crippen molar-refractivity contribution in [1.82, 2.24) is 9.97 Å². The summed E-state index contributed by atoms with van der Waals surface area (Å²) in [6.07, 6.45) is 3.65. The monoisotopic (exact) mass is 298 g/mol. The van der Waals surface area contributed by atoms with Gasteiger partial charge in [-0.2, -0.15) is 0 Å². The van der Waals surface area contributed by atoms with Crippen LogP contribution in [0.2, 0.25) is 0 Å². The molecule has 4 rings (SSSR count). The molecule has 18 heavy (non-hydrogen) atoms. The predicted octanol–water partition coefficient (Wildman–Crippen LogP) is 3.44. The van der Waals surface area contributed by atoms with Crippen molar-refractivity contribution in [2.24, 2.45) is 0 Å². The molecule has 3 heteroatoms. The number of fused-ring (bicyclic) bond motifs is 3. The number of nitrogens with zero attached hydrogens (tertiary/aromatic N) is 1. The number of rotatable bonds is 1. The normalized spacial score (nSPS) is 11.3. The topological polar surface area (TPSA) is 28.7 Å². The van der Waals surface area contributed by atoms with E-state index in [4.69, 9.17) is 0 Å². The van der Waals surface area contributed by atoms with E-state index in [1.54, 1.807) is 6.20 Å². The van der Waals surface area contributed by atoms with E-state index < -0.39 is 0 Å². The number of aromatic nitrogens is 2. The molecule has 0 spiro atoms. The summed E-state index contributed by atoms with van der Waals surface area (Å²) in [5.74, 6) is 0.940. The molecular weight excluding hydrogens is 287 g/mol. The quantitative estimate of drug-likeness (QED) is 0.536. The molecule has 2 aromatic heterocycles. The van der Waals surface area contributed by atoms with E-state index in [1.807, 2.05) is 6.20 Å². The number of benzene rings is 2. The van der Waals surface area contributed by atoms with Crippen LogP contribution in [0.5, 0.6) is 0 Å². The van der Waals surface area contributed by atoms with Crippen molar-refractivity contribution in [3.8, 4) is 11.4 Å².